The van der Waals surface area contributed by atoms with Gasteiger partial charge < -0.3 is 15.5 Å². The van der Waals surface area contributed by atoms with Crippen molar-refractivity contribution in [2.45, 2.75) is 19.8 Å². The number of carbonyl (C=O) groups is 2. The second-order valence-corrected chi connectivity index (χ2v) is 5.15. The fraction of sp³-hybridized carbons (Fsp3) is 0.467. The van der Waals surface area contributed by atoms with Gasteiger partial charge in [0.15, 0.2) is 0 Å². The summed E-state index contributed by atoms with van der Waals surface area (Å²) >= 11 is 0. The zero-order valence-corrected chi connectivity index (χ0v) is 11.8. The molecule has 1 aromatic carbocycles. The zero-order valence-electron chi connectivity index (χ0n) is 11.8. The fourth-order valence-corrected chi connectivity index (χ4v) is 2.39. The maximum atomic E-state index is 11.7. The Labute approximate surface area is 119 Å². The van der Waals surface area contributed by atoms with Crippen molar-refractivity contribution >= 4 is 17.6 Å². The summed E-state index contributed by atoms with van der Waals surface area (Å²) in [5.74, 6) is 0.588. The Morgan fingerprint density at radius 1 is 1.20 bits per heavy atom. The average molecular weight is 275 g/mol. The van der Waals surface area contributed by atoms with Crippen LogP contribution in [-0.4, -0.2) is 36.5 Å². The molecule has 0 unspecified atom stereocenters. The quantitative estimate of drug-likeness (QED) is 0.887. The van der Waals surface area contributed by atoms with Gasteiger partial charge in [0.05, 0.1) is 0 Å². The van der Waals surface area contributed by atoms with Crippen molar-refractivity contribution < 1.29 is 9.59 Å². The molecule has 20 heavy (non-hydrogen) atoms. The lowest BCUT2D eigenvalue weighted by molar-refractivity contribution is -0.130. The van der Waals surface area contributed by atoms with E-state index < -0.39 is 0 Å². The molecular weight excluding hydrogens is 254 g/mol. The minimum Gasteiger partial charge on any atom is -0.343 e. The average Bonchev–Trinajstić information content (AvgIpc) is 2.46. The molecule has 1 heterocycles. The van der Waals surface area contributed by atoms with Gasteiger partial charge in [-0.2, -0.15) is 0 Å². The van der Waals surface area contributed by atoms with Gasteiger partial charge in [-0.05, 0) is 30.9 Å². The van der Waals surface area contributed by atoms with Crippen LogP contribution in [0.25, 0.3) is 0 Å². The van der Waals surface area contributed by atoms with Gasteiger partial charge in [-0.1, -0.05) is 18.2 Å². The number of para-hydroxylation sites is 1. The second-order valence-electron chi connectivity index (χ2n) is 5.15. The molecule has 0 aromatic heterocycles. The van der Waals surface area contributed by atoms with Gasteiger partial charge in [-0.3, -0.25) is 4.79 Å². The number of anilines is 1. The van der Waals surface area contributed by atoms with E-state index in [0.717, 1.165) is 31.6 Å². The first-order valence-corrected chi connectivity index (χ1v) is 7.00. The molecule has 1 aromatic rings. The van der Waals surface area contributed by atoms with E-state index in [0.29, 0.717) is 12.5 Å². The van der Waals surface area contributed by atoms with E-state index in [1.807, 2.05) is 35.2 Å². The van der Waals surface area contributed by atoms with E-state index in [2.05, 4.69) is 10.6 Å². The normalized spacial score (nSPS) is 15.8. The Balaban J connectivity index is 1.68. The van der Waals surface area contributed by atoms with Crippen LogP contribution in [0.5, 0.6) is 0 Å². The number of nitrogens with zero attached hydrogens (tertiary/aromatic N) is 1. The van der Waals surface area contributed by atoms with E-state index in [-0.39, 0.29) is 11.9 Å². The number of hydrogen-bond acceptors (Lipinski definition) is 2. The fourth-order valence-electron chi connectivity index (χ4n) is 2.39. The highest BCUT2D eigenvalue weighted by Gasteiger charge is 2.20. The maximum Gasteiger partial charge on any atom is 0.319 e. The van der Waals surface area contributed by atoms with Crippen molar-refractivity contribution in [2.75, 3.05) is 25.0 Å². The lowest BCUT2D eigenvalue weighted by atomic mass is 9.97. The third-order valence-corrected chi connectivity index (χ3v) is 3.64. The number of likely N-dealkylation sites (tertiary alicyclic amines) is 1. The van der Waals surface area contributed by atoms with Crippen LogP contribution in [0, 0.1) is 5.92 Å². The molecule has 5 nitrogen and oxygen atoms in total. The molecule has 108 valence electrons. The van der Waals surface area contributed by atoms with Crippen LogP contribution in [0.4, 0.5) is 10.5 Å². The van der Waals surface area contributed by atoms with Crippen molar-refractivity contribution in [3.8, 4) is 0 Å². The molecule has 2 rings (SSSR count). The van der Waals surface area contributed by atoms with Crippen LogP contribution in [0.3, 0.4) is 0 Å². The Morgan fingerprint density at radius 3 is 2.45 bits per heavy atom. The van der Waals surface area contributed by atoms with Crippen molar-refractivity contribution in [2.24, 2.45) is 5.92 Å². The zero-order chi connectivity index (χ0) is 14.4. The summed E-state index contributed by atoms with van der Waals surface area (Å²) in [6.07, 6.45) is 1.90. The molecule has 1 fully saturated rings. The Hall–Kier alpha value is -2.04. The molecular formula is C15H21N3O2. The van der Waals surface area contributed by atoms with E-state index in [4.69, 9.17) is 0 Å². The molecule has 3 amide bonds. The molecule has 0 atom stereocenters. The monoisotopic (exact) mass is 275 g/mol. The molecule has 0 radical (unpaired) electrons. The van der Waals surface area contributed by atoms with Crippen LogP contribution in [0.2, 0.25) is 0 Å². The first-order valence-electron chi connectivity index (χ1n) is 7.00. The smallest absolute Gasteiger partial charge is 0.319 e. The van der Waals surface area contributed by atoms with E-state index in [9.17, 15) is 9.59 Å². The van der Waals surface area contributed by atoms with E-state index >= 15 is 0 Å². The summed E-state index contributed by atoms with van der Waals surface area (Å²) in [5.41, 5.74) is 0.788. The van der Waals surface area contributed by atoms with Gasteiger partial charge in [-0.25, -0.2) is 4.79 Å². The van der Waals surface area contributed by atoms with Crippen LogP contribution in [0.15, 0.2) is 30.3 Å². The van der Waals surface area contributed by atoms with E-state index in [1.54, 1.807) is 6.92 Å². The molecule has 5 heteroatoms. The molecule has 0 saturated carbocycles. The first kappa shape index (κ1) is 14.4. The third kappa shape index (κ3) is 4.26. The van der Waals surface area contributed by atoms with Gasteiger partial charge in [0.2, 0.25) is 5.91 Å². The minimum atomic E-state index is -0.176. The van der Waals surface area contributed by atoms with Crippen molar-refractivity contribution in [1.82, 2.24) is 10.2 Å². The number of nitrogens with one attached hydrogen (secondary N) is 2. The number of amides is 3. The maximum absolute atomic E-state index is 11.7. The van der Waals surface area contributed by atoms with Crippen LogP contribution < -0.4 is 10.6 Å². The molecule has 1 aliphatic rings. The van der Waals surface area contributed by atoms with Crippen LogP contribution >= 0.6 is 0 Å². The second kappa shape index (κ2) is 6.93. The van der Waals surface area contributed by atoms with E-state index in [1.165, 1.54) is 0 Å². The molecule has 0 spiro atoms. The topological polar surface area (TPSA) is 61.4 Å². The van der Waals surface area contributed by atoms with Crippen LogP contribution in [-0.2, 0) is 4.79 Å². The molecule has 1 aliphatic heterocycles. The largest absolute Gasteiger partial charge is 0.343 e. The number of hydrogen-bond donors (Lipinski definition) is 2. The highest BCUT2D eigenvalue weighted by molar-refractivity contribution is 5.89. The van der Waals surface area contributed by atoms with Gasteiger partial charge >= 0.3 is 6.03 Å². The number of rotatable bonds is 3. The number of benzene rings is 1. The van der Waals surface area contributed by atoms with Crippen molar-refractivity contribution in [1.29, 1.82) is 0 Å². The van der Waals surface area contributed by atoms with Gasteiger partial charge in [0.1, 0.15) is 0 Å². The van der Waals surface area contributed by atoms with Crippen LogP contribution in [0.1, 0.15) is 19.8 Å². The Kier molecular flexibility index (Phi) is 4.98. The summed E-state index contributed by atoms with van der Waals surface area (Å²) in [6, 6.07) is 9.20. The highest BCUT2D eigenvalue weighted by Crippen LogP contribution is 2.16. The lowest BCUT2D eigenvalue weighted by Gasteiger charge is -2.31. The summed E-state index contributed by atoms with van der Waals surface area (Å²) in [4.78, 5) is 24.8. The molecule has 0 bridgehead atoms. The van der Waals surface area contributed by atoms with Gasteiger partial charge in [0.25, 0.3) is 0 Å². The van der Waals surface area contributed by atoms with Crippen molar-refractivity contribution in [3.63, 3.8) is 0 Å². The van der Waals surface area contributed by atoms with Crippen molar-refractivity contribution in [3.05, 3.63) is 30.3 Å². The summed E-state index contributed by atoms with van der Waals surface area (Å²) < 4.78 is 0. The molecule has 1 saturated heterocycles. The van der Waals surface area contributed by atoms with Gasteiger partial charge in [-0.15, -0.1) is 0 Å². The predicted molar refractivity (Wildman–Crippen MR) is 78.4 cm³/mol. The first-order chi connectivity index (χ1) is 9.65. The summed E-state index contributed by atoms with van der Waals surface area (Å²) in [6.45, 7) is 3.85. The highest BCUT2D eigenvalue weighted by atomic mass is 16.2. The number of urea groups is 1. The minimum absolute atomic E-state index is 0.137. The lowest BCUT2D eigenvalue weighted by Crippen LogP contribution is -2.41. The number of carbonyl (C=O) groups excluding carboxylic acids is 2. The summed E-state index contributed by atoms with van der Waals surface area (Å²) in [5, 5.41) is 5.69. The SMILES string of the molecule is CC(=O)N1CCC(CNC(=O)Nc2ccccc2)CC1. The summed E-state index contributed by atoms with van der Waals surface area (Å²) in [7, 11) is 0. The number of piperidine rings is 1. The Bertz CT molecular complexity index is 453. The third-order valence-electron chi connectivity index (χ3n) is 3.64. The standard InChI is InChI=1S/C15H21N3O2/c1-12(19)18-9-7-13(8-10-18)11-16-15(20)17-14-5-3-2-4-6-14/h2-6,13H,7-11H2,1H3,(H2,16,17,20). The predicted octanol–water partition coefficient (Wildman–Crippen LogP) is 2.07. The van der Waals surface area contributed by atoms with Gasteiger partial charge in [0, 0.05) is 32.2 Å². The molecule has 2 N–H and O–H groups in total. The molecule has 0 aliphatic carbocycles. The Morgan fingerprint density at radius 2 is 1.85 bits per heavy atom.